The Hall–Kier alpha value is -1.88. The van der Waals surface area contributed by atoms with E-state index in [1.54, 1.807) is 0 Å². The molecule has 3 aliphatic heterocycles. The highest BCUT2D eigenvalue weighted by atomic mass is 16.5. The maximum absolute atomic E-state index is 5.49. The highest BCUT2D eigenvalue weighted by Gasteiger charge is 2.37. The summed E-state index contributed by atoms with van der Waals surface area (Å²) in [7, 11) is 0. The first-order valence-electron chi connectivity index (χ1n) is 10.8. The summed E-state index contributed by atoms with van der Waals surface area (Å²) in [6, 6.07) is 21.3. The van der Waals surface area contributed by atoms with Crippen LogP contribution in [0.2, 0.25) is 0 Å². The third-order valence-electron chi connectivity index (χ3n) is 6.75. The SMILES string of the molecule is c1ccc(-c2cccc(N3CCC(N4CC(N5CCOCC5)C4)CC3)c2)cc1. The van der Waals surface area contributed by atoms with Crippen molar-refractivity contribution in [3.63, 3.8) is 0 Å². The van der Waals surface area contributed by atoms with E-state index in [1.165, 1.54) is 55.8 Å². The van der Waals surface area contributed by atoms with Crippen LogP contribution < -0.4 is 4.90 Å². The topological polar surface area (TPSA) is 19.0 Å². The van der Waals surface area contributed by atoms with Gasteiger partial charge in [-0.05, 0) is 36.1 Å². The third kappa shape index (κ3) is 3.82. The van der Waals surface area contributed by atoms with Crippen molar-refractivity contribution < 1.29 is 4.74 Å². The van der Waals surface area contributed by atoms with E-state index in [0.717, 1.165) is 38.4 Å². The summed E-state index contributed by atoms with van der Waals surface area (Å²) >= 11 is 0. The van der Waals surface area contributed by atoms with Gasteiger partial charge in [0, 0.05) is 57.0 Å². The molecule has 3 saturated heterocycles. The molecule has 0 aromatic heterocycles. The fourth-order valence-corrected chi connectivity index (χ4v) is 4.96. The van der Waals surface area contributed by atoms with E-state index >= 15 is 0 Å². The molecule has 0 atom stereocenters. The molecule has 0 saturated carbocycles. The van der Waals surface area contributed by atoms with Gasteiger partial charge in [0.15, 0.2) is 0 Å². The maximum atomic E-state index is 5.49. The van der Waals surface area contributed by atoms with E-state index in [4.69, 9.17) is 4.74 Å². The quantitative estimate of drug-likeness (QED) is 0.813. The molecular weight excluding hydrogens is 346 g/mol. The minimum atomic E-state index is 0.768. The maximum Gasteiger partial charge on any atom is 0.0594 e. The molecule has 3 heterocycles. The van der Waals surface area contributed by atoms with E-state index in [2.05, 4.69) is 69.3 Å². The minimum absolute atomic E-state index is 0.768. The van der Waals surface area contributed by atoms with Crippen LogP contribution in [0.5, 0.6) is 0 Å². The number of benzene rings is 2. The number of piperidine rings is 1. The van der Waals surface area contributed by atoms with E-state index in [0.29, 0.717) is 0 Å². The van der Waals surface area contributed by atoms with Crippen molar-refractivity contribution >= 4 is 5.69 Å². The van der Waals surface area contributed by atoms with Gasteiger partial charge in [0.05, 0.1) is 13.2 Å². The van der Waals surface area contributed by atoms with Gasteiger partial charge in [-0.25, -0.2) is 0 Å². The molecule has 2 aromatic carbocycles. The summed E-state index contributed by atoms with van der Waals surface area (Å²) in [5.41, 5.74) is 3.99. The van der Waals surface area contributed by atoms with E-state index < -0.39 is 0 Å². The zero-order valence-electron chi connectivity index (χ0n) is 16.7. The van der Waals surface area contributed by atoms with Gasteiger partial charge in [-0.2, -0.15) is 0 Å². The van der Waals surface area contributed by atoms with Crippen LogP contribution in [0, 0.1) is 0 Å². The number of likely N-dealkylation sites (tertiary alicyclic amines) is 1. The smallest absolute Gasteiger partial charge is 0.0594 e. The second-order valence-electron chi connectivity index (χ2n) is 8.39. The number of nitrogens with zero attached hydrogens (tertiary/aromatic N) is 3. The molecule has 0 aliphatic carbocycles. The van der Waals surface area contributed by atoms with Gasteiger partial charge in [0.1, 0.15) is 0 Å². The largest absolute Gasteiger partial charge is 0.379 e. The second-order valence-corrected chi connectivity index (χ2v) is 8.39. The Morgan fingerprint density at radius 1 is 0.679 bits per heavy atom. The van der Waals surface area contributed by atoms with Crippen LogP contribution >= 0.6 is 0 Å². The molecule has 4 nitrogen and oxygen atoms in total. The highest BCUT2D eigenvalue weighted by molar-refractivity contribution is 5.68. The molecule has 28 heavy (non-hydrogen) atoms. The Morgan fingerprint density at radius 2 is 1.39 bits per heavy atom. The molecular formula is C24H31N3O. The summed E-state index contributed by atoms with van der Waals surface area (Å²) in [6.07, 6.45) is 2.57. The molecule has 0 N–H and O–H groups in total. The molecule has 148 valence electrons. The Bertz CT molecular complexity index is 760. The number of ether oxygens (including phenoxy) is 1. The van der Waals surface area contributed by atoms with Crippen LogP contribution in [0.1, 0.15) is 12.8 Å². The van der Waals surface area contributed by atoms with E-state index in [1.807, 2.05) is 0 Å². The van der Waals surface area contributed by atoms with Crippen molar-refractivity contribution in [1.29, 1.82) is 0 Å². The Labute approximate surface area is 168 Å². The van der Waals surface area contributed by atoms with Crippen molar-refractivity contribution in [3.05, 3.63) is 54.6 Å². The molecule has 0 unspecified atom stereocenters. The molecule has 3 fully saturated rings. The fourth-order valence-electron chi connectivity index (χ4n) is 4.96. The number of morpholine rings is 1. The summed E-state index contributed by atoms with van der Waals surface area (Å²) < 4.78 is 5.49. The molecule has 4 heteroatoms. The first-order chi connectivity index (χ1) is 13.9. The average molecular weight is 378 g/mol. The monoisotopic (exact) mass is 377 g/mol. The van der Waals surface area contributed by atoms with Crippen LogP contribution in [-0.2, 0) is 4.74 Å². The zero-order valence-corrected chi connectivity index (χ0v) is 16.7. The van der Waals surface area contributed by atoms with Gasteiger partial charge in [-0.3, -0.25) is 9.80 Å². The van der Waals surface area contributed by atoms with Crippen LogP contribution in [0.25, 0.3) is 11.1 Å². The Morgan fingerprint density at radius 3 is 2.14 bits per heavy atom. The predicted molar refractivity (Wildman–Crippen MR) is 115 cm³/mol. The lowest BCUT2D eigenvalue weighted by Crippen LogP contribution is -2.64. The van der Waals surface area contributed by atoms with Gasteiger partial charge in [-0.15, -0.1) is 0 Å². The summed E-state index contributed by atoms with van der Waals surface area (Å²) in [5.74, 6) is 0. The van der Waals surface area contributed by atoms with Crippen molar-refractivity contribution in [2.75, 3.05) is 57.4 Å². The lowest BCUT2D eigenvalue weighted by atomic mass is 9.96. The Balaban J connectivity index is 1.15. The van der Waals surface area contributed by atoms with E-state index in [9.17, 15) is 0 Å². The van der Waals surface area contributed by atoms with Crippen LogP contribution in [0.15, 0.2) is 54.6 Å². The predicted octanol–water partition coefficient (Wildman–Crippen LogP) is 3.34. The average Bonchev–Trinajstić information content (AvgIpc) is 2.75. The highest BCUT2D eigenvalue weighted by Crippen LogP contribution is 2.29. The van der Waals surface area contributed by atoms with Crippen LogP contribution in [0.3, 0.4) is 0 Å². The van der Waals surface area contributed by atoms with E-state index in [-0.39, 0.29) is 0 Å². The number of hydrogen-bond donors (Lipinski definition) is 0. The number of anilines is 1. The van der Waals surface area contributed by atoms with Gasteiger partial charge < -0.3 is 9.64 Å². The van der Waals surface area contributed by atoms with Gasteiger partial charge in [-0.1, -0.05) is 42.5 Å². The van der Waals surface area contributed by atoms with Crippen molar-refractivity contribution in [3.8, 4) is 11.1 Å². The molecule has 0 spiro atoms. The first kappa shape index (κ1) is 18.2. The Kier molecular flexibility index (Phi) is 5.34. The van der Waals surface area contributed by atoms with Gasteiger partial charge in [0.2, 0.25) is 0 Å². The van der Waals surface area contributed by atoms with Gasteiger partial charge >= 0.3 is 0 Å². The molecule has 5 rings (SSSR count). The van der Waals surface area contributed by atoms with Crippen molar-refractivity contribution in [2.24, 2.45) is 0 Å². The first-order valence-corrected chi connectivity index (χ1v) is 10.8. The fraction of sp³-hybridized carbons (Fsp3) is 0.500. The molecule has 2 aromatic rings. The lowest BCUT2D eigenvalue weighted by Gasteiger charge is -2.51. The van der Waals surface area contributed by atoms with Gasteiger partial charge in [0.25, 0.3) is 0 Å². The second kappa shape index (κ2) is 8.24. The number of hydrogen-bond acceptors (Lipinski definition) is 4. The zero-order chi connectivity index (χ0) is 18.8. The lowest BCUT2D eigenvalue weighted by molar-refractivity contribution is -0.0481. The summed E-state index contributed by atoms with van der Waals surface area (Å²) in [4.78, 5) is 7.92. The standard InChI is InChI=1S/C24H31N3O/c1-2-5-20(6-3-1)21-7-4-8-23(17-21)25-11-9-22(10-12-25)27-18-24(19-27)26-13-15-28-16-14-26/h1-8,17,22,24H,9-16,18-19H2. The van der Waals surface area contributed by atoms with Crippen molar-refractivity contribution in [1.82, 2.24) is 9.80 Å². The molecule has 0 amide bonds. The summed E-state index contributed by atoms with van der Waals surface area (Å²) in [6.45, 7) is 8.92. The van der Waals surface area contributed by atoms with Crippen LogP contribution in [-0.4, -0.2) is 74.4 Å². The molecule has 0 bridgehead atoms. The number of rotatable bonds is 4. The minimum Gasteiger partial charge on any atom is -0.379 e. The summed E-state index contributed by atoms with van der Waals surface area (Å²) in [5, 5.41) is 0. The van der Waals surface area contributed by atoms with Crippen LogP contribution in [0.4, 0.5) is 5.69 Å². The molecule has 3 aliphatic rings. The molecule has 0 radical (unpaired) electrons. The third-order valence-corrected chi connectivity index (χ3v) is 6.75. The van der Waals surface area contributed by atoms with Crippen molar-refractivity contribution in [2.45, 2.75) is 24.9 Å². The normalized spacial score (nSPS) is 22.9.